The first kappa shape index (κ1) is 17.1. The van der Waals surface area contributed by atoms with Crippen LogP contribution in [0.25, 0.3) is 0 Å². The average Bonchev–Trinajstić information content (AvgIpc) is 2.88. The van der Waals surface area contributed by atoms with E-state index in [4.69, 9.17) is 4.74 Å². The van der Waals surface area contributed by atoms with Gasteiger partial charge in [-0.1, -0.05) is 13.8 Å². The van der Waals surface area contributed by atoms with Crippen LogP contribution in [0.1, 0.15) is 32.1 Å². The summed E-state index contributed by atoms with van der Waals surface area (Å²) in [6.07, 6.45) is 1.44. The van der Waals surface area contributed by atoms with Crippen molar-refractivity contribution in [1.29, 1.82) is 0 Å². The minimum absolute atomic E-state index is 0.233. The van der Waals surface area contributed by atoms with Crippen LogP contribution in [0.3, 0.4) is 0 Å². The van der Waals surface area contributed by atoms with Gasteiger partial charge in [-0.3, -0.25) is 4.79 Å². The van der Waals surface area contributed by atoms with E-state index in [0.29, 0.717) is 13.0 Å². The average molecular weight is 319 g/mol. The summed E-state index contributed by atoms with van der Waals surface area (Å²) in [5.41, 5.74) is 0. The molecule has 0 aromatic carbocycles. The molecular formula is C13H21NO4S2. The number of aryl methyl sites for hydroxylation is 1. The summed E-state index contributed by atoms with van der Waals surface area (Å²) < 4.78 is 31.3. The fourth-order valence-corrected chi connectivity index (χ4v) is 4.62. The van der Waals surface area contributed by atoms with E-state index in [1.807, 2.05) is 19.9 Å². The van der Waals surface area contributed by atoms with Crippen LogP contribution < -0.4 is 0 Å². The molecule has 0 spiro atoms. The number of thiophene rings is 1. The molecule has 1 heterocycles. The van der Waals surface area contributed by atoms with E-state index in [2.05, 4.69) is 0 Å². The zero-order chi connectivity index (χ0) is 15.2. The minimum Gasteiger partial charge on any atom is -0.465 e. The largest absolute Gasteiger partial charge is 0.465 e. The fraction of sp³-hybridized carbons (Fsp3) is 0.615. The number of sulfonamides is 1. The maximum atomic E-state index is 12.5. The molecule has 0 saturated carbocycles. The van der Waals surface area contributed by atoms with E-state index in [0.717, 1.165) is 11.3 Å². The second-order valence-corrected chi connectivity index (χ2v) is 7.55. The van der Waals surface area contributed by atoms with Gasteiger partial charge in [-0.15, -0.1) is 11.3 Å². The highest BCUT2D eigenvalue weighted by molar-refractivity contribution is 7.91. The van der Waals surface area contributed by atoms with Gasteiger partial charge in [-0.25, -0.2) is 8.42 Å². The second-order valence-electron chi connectivity index (χ2n) is 4.22. The highest BCUT2D eigenvalue weighted by atomic mass is 32.2. The molecule has 0 radical (unpaired) electrons. The van der Waals surface area contributed by atoms with E-state index in [9.17, 15) is 13.2 Å². The van der Waals surface area contributed by atoms with Gasteiger partial charge in [-0.2, -0.15) is 4.31 Å². The van der Waals surface area contributed by atoms with Gasteiger partial charge in [0, 0.05) is 11.4 Å². The summed E-state index contributed by atoms with van der Waals surface area (Å²) in [7, 11) is -3.61. The van der Waals surface area contributed by atoms with E-state index in [1.165, 1.54) is 15.6 Å². The van der Waals surface area contributed by atoms with Crippen molar-refractivity contribution >= 4 is 27.3 Å². The minimum atomic E-state index is -3.61. The fourth-order valence-electron chi connectivity index (χ4n) is 1.70. The lowest BCUT2D eigenvalue weighted by Crippen LogP contribution is -2.36. The quantitative estimate of drug-likeness (QED) is 0.690. The van der Waals surface area contributed by atoms with Gasteiger partial charge in [0.15, 0.2) is 0 Å². The summed E-state index contributed by atoms with van der Waals surface area (Å²) >= 11 is 1.25. The maximum absolute atomic E-state index is 12.5. The molecule has 0 atom stereocenters. The molecule has 0 aliphatic rings. The van der Waals surface area contributed by atoms with Gasteiger partial charge in [0.25, 0.3) is 10.0 Å². The van der Waals surface area contributed by atoms with Crippen molar-refractivity contribution in [2.45, 2.75) is 37.8 Å². The normalized spacial score (nSPS) is 11.8. The maximum Gasteiger partial charge on any atom is 0.321 e. The number of rotatable bonds is 8. The molecule has 5 nitrogen and oxygen atoms in total. The predicted molar refractivity (Wildman–Crippen MR) is 79.4 cm³/mol. The molecule has 20 heavy (non-hydrogen) atoms. The summed E-state index contributed by atoms with van der Waals surface area (Å²) in [4.78, 5) is 12.6. The Labute approximate surface area is 124 Å². The third-order valence-electron chi connectivity index (χ3n) is 2.66. The van der Waals surface area contributed by atoms with Crippen molar-refractivity contribution in [2.75, 3.05) is 19.7 Å². The first-order valence-electron chi connectivity index (χ1n) is 6.70. The van der Waals surface area contributed by atoms with Crippen molar-refractivity contribution in [3.8, 4) is 0 Å². The Kier molecular flexibility index (Phi) is 6.64. The van der Waals surface area contributed by atoms with Gasteiger partial charge >= 0.3 is 5.97 Å². The lowest BCUT2D eigenvalue weighted by atomic mass is 10.4. The van der Waals surface area contributed by atoms with Gasteiger partial charge < -0.3 is 4.74 Å². The van der Waals surface area contributed by atoms with Gasteiger partial charge in [0.1, 0.15) is 10.8 Å². The van der Waals surface area contributed by atoms with Gasteiger partial charge in [0.2, 0.25) is 0 Å². The summed E-state index contributed by atoms with van der Waals surface area (Å²) in [6.45, 7) is 5.87. The second kappa shape index (κ2) is 7.75. The Morgan fingerprint density at radius 1 is 1.30 bits per heavy atom. The Hall–Kier alpha value is -0.920. The molecule has 7 heteroatoms. The third kappa shape index (κ3) is 4.29. The van der Waals surface area contributed by atoms with Crippen LogP contribution in [-0.2, 0) is 26.0 Å². The monoisotopic (exact) mass is 319 g/mol. The van der Waals surface area contributed by atoms with Crippen LogP contribution in [0, 0.1) is 0 Å². The molecule has 0 aliphatic heterocycles. The summed E-state index contributed by atoms with van der Waals surface area (Å²) in [6, 6.07) is 3.42. The Morgan fingerprint density at radius 3 is 2.50 bits per heavy atom. The standard InChI is InChI=1S/C13H21NO4S2/c1-4-9-14(10-12(15)18-6-3)20(16,17)13-8-7-11(5-2)19-13/h7-8H,4-6,9-10H2,1-3H3. The predicted octanol–water partition coefficient (Wildman–Crippen LogP) is 2.27. The van der Waals surface area contributed by atoms with Crippen LogP contribution in [0.15, 0.2) is 16.3 Å². The zero-order valence-corrected chi connectivity index (χ0v) is 13.7. The van der Waals surface area contributed by atoms with Gasteiger partial charge in [0.05, 0.1) is 6.61 Å². The molecule has 0 aliphatic carbocycles. The van der Waals surface area contributed by atoms with Crippen molar-refractivity contribution in [2.24, 2.45) is 0 Å². The molecule has 114 valence electrons. The SMILES string of the molecule is CCCN(CC(=O)OCC)S(=O)(=O)c1ccc(CC)s1. The Bertz CT molecular complexity index is 536. The van der Waals surface area contributed by atoms with Crippen LogP contribution >= 0.6 is 11.3 Å². The van der Waals surface area contributed by atoms with Gasteiger partial charge in [-0.05, 0) is 31.9 Å². The lowest BCUT2D eigenvalue weighted by molar-refractivity contribution is -0.143. The number of carbonyl (C=O) groups is 1. The topological polar surface area (TPSA) is 63.7 Å². The van der Waals surface area contributed by atoms with E-state index >= 15 is 0 Å². The molecular weight excluding hydrogens is 298 g/mol. The Balaban J connectivity index is 2.96. The van der Waals surface area contributed by atoms with Crippen LogP contribution in [0.5, 0.6) is 0 Å². The zero-order valence-electron chi connectivity index (χ0n) is 12.1. The van der Waals surface area contributed by atoms with E-state index in [-0.39, 0.29) is 17.4 Å². The number of nitrogens with zero attached hydrogens (tertiary/aromatic N) is 1. The molecule has 1 aromatic heterocycles. The van der Waals surface area contributed by atoms with Crippen molar-refractivity contribution in [3.05, 3.63) is 17.0 Å². The highest BCUT2D eigenvalue weighted by Gasteiger charge is 2.27. The molecule has 1 aromatic rings. The molecule has 0 amide bonds. The summed E-state index contributed by atoms with van der Waals surface area (Å²) in [5.74, 6) is -0.517. The molecule has 0 saturated heterocycles. The first-order valence-corrected chi connectivity index (χ1v) is 8.95. The number of esters is 1. The van der Waals surface area contributed by atoms with E-state index < -0.39 is 16.0 Å². The molecule has 0 N–H and O–H groups in total. The van der Waals surface area contributed by atoms with Crippen molar-refractivity contribution < 1.29 is 17.9 Å². The Morgan fingerprint density at radius 2 is 2.00 bits per heavy atom. The van der Waals surface area contributed by atoms with Crippen molar-refractivity contribution in [1.82, 2.24) is 4.31 Å². The highest BCUT2D eigenvalue weighted by Crippen LogP contribution is 2.25. The number of hydrogen-bond donors (Lipinski definition) is 0. The number of carbonyl (C=O) groups excluding carboxylic acids is 1. The third-order valence-corrected chi connectivity index (χ3v) is 6.21. The van der Waals surface area contributed by atoms with Crippen LogP contribution in [0.4, 0.5) is 0 Å². The van der Waals surface area contributed by atoms with Crippen LogP contribution in [-0.4, -0.2) is 38.4 Å². The number of ether oxygens (including phenoxy) is 1. The summed E-state index contributed by atoms with van der Waals surface area (Å²) in [5, 5.41) is 0. The lowest BCUT2D eigenvalue weighted by Gasteiger charge is -2.19. The van der Waals surface area contributed by atoms with Crippen LogP contribution in [0.2, 0.25) is 0 Å². The molecule has 0 fully saturated rings. The van der Waals surface area contributed by atoms with Crippen molar-refractivity contribution in [3.63, 3.8) is 0 Å². The molecule has 0 bridgehead atoms. The molecule has 0 unspecified atom stereocenters. The smallest absolute Gasteiger partial charge is 0.321 e. The van der Waals surface area contributed by atoms with E-state index in [1.54, 1.807) is 13.0 Å². The number of hydrogen-bond acceptors (Lipinski definition) is 5. The molecule has 1 rings (SSSR count). The first-order chi connectivity index (χ1) is 9.45.